The van der Waals surface area contributed by atoms with E-state index in [0.29, 0.717) is 12.1 Å². The van der Waals surface area contributed by atoms with Gasteiger partial charge in [-0.15, -0.1) is 0 Å². The van der Waals surface area contributed by atoms with Crippen molar-refractivity contribution in [3.63, 3.8) is 0 Å². The molecule has 0 saturated heterocycles. The van der Waals surface area contributed by atoms with Gasteiger partial charge in [0, 0.05) is 6.07 Å². The first-order valence-corrected chi connectivity index (χ1v) is 9.05. The van der Waals surface area contributed by atoms with E-state index in [1.807, 2.05) is 4.72 Å². The number of benzene rings is 2. The third-order valence-corrected chi connectivity index (χ3v) is 4.76. The highest BCUT2D eigenvalue weighted by Gasteiger charge is 2.21. The van der Waals surface area contributed by atoms with Crippen LogP contribution in [-0.2, 0) is 19.5 Å². The lowest BCUT2D eigenvalue weighted by Gasteiger charge is -2.11. The van der Waals surface area contributed by atoms with Gasteiger partial charge in [0.15, 0.2) is 0 Å². The number of carbonyl (C=O) groups is 2. The van der Waals surface area contributed by atoms with E-state index < -0.39 is 44.8 Å². The van der Waals surface area contributed by atoms with Crippen LogP contribution in [0.15, 0.2) is 41.3 Å². The van der Waals surface area contributed by atoms with E-state index >= 15 is 0 Å². The molecule has 0 aliphatic heterocycles. The first kappa shape index (κ1) is 20.3. The Morgan fingerprint density at radius 3 is 2.22 bits per heavy atom. The van der Waals surface area contributed by atoms with Crippen LogP contribution in [0.5, 0.6) is 0 Å². The minimum atomic E-state index is -4.27. The second kappa shape index (κ2) is 8.12. The molecule has 0 aliphatic carbocycles. The Hall–Kier alpha value is -3.01. The molecule has 0 saturated carbocycles. The topological polar surface area (TPSA) is 98.8 Å². The zero-order valence-corrected chi connectivity index (χ0v) is 15.1. The van der Waals surface area contributed by atoms with Gasteiger partial charge in [-0.05, 0) is 37.3 Å². The van der Waals surface area contributed by atoms with Crippen molar-refractivity contribution in [1.29, 1.82) is 0 Å². The molecule has 0 aliphatic rings. The first-order valence-electron chi connectivity index (χ1n) is 7.57. The van der Waals surface area contributed by atoms with Crippen molar-refractivity contribution in [2.45, 2.75) is 11.8 Å². The summed E-state index contributed by atoms with van der Waals surface area (Å²) in [4.78, 5) is 22.8. The van der Waals surface area contributed by atoms with Gasteiger partial charge in [-0.1, -0.05) is 0 Å². The number of carbonyl (C=O) groups excluding carboxylic acids is 2. The normalized spacial score (nSPS) is 11.0. The molecular weight excluding hydrogens is 384 g/mol. The molecule has 1 N–H and O–H groups in total. The number of hydrogen-bond donors (Lipinski definition) is 1. The molecule has 0 radical (unpaired) electrons. The standard InChI is InChI=1S/C17H15F2NO6S/c1-3-26-16(21)10-4-6-11(7-5-10)27(23,24)20-15-8-12(17(22)25-2)13(18)9-14(15)19/h4-9,20H,3H2,1-2H3. The Morgan fingerprint density at radius 1 is 1.04 bits per heavy atom. The smallest absolute Gasteiger partial charge is 0.340 e. The molecule has 7 nitrogen and oxygen atoms in total. The van der Waals surface area contributed by atoms with Crippen LogP contribution in [0.4, 0.5) is 14.5 Å². The fourth-order valence-corrected chi connectivity index (χ4v) is 3.14. The van der Waals surface area contributed by atoms with Crippen molar-refractivity contribution in [2.24, 2.45) is 0 Å². The SMILES string of the molecule is CCOC(=O)c1ccc(S(=O)(=O)Nc2cc(C(=O)OC)c(F)cc2F)cc1. The highest BCUT2D eigenvalue weighted by Crippen LogP contribution is 2.23. The highest BCUT2D eigenvalue weighted by molar-refractivity contribution is 7.92. The minimum absolute atomic E-state index is 0.136. The predicted octanol–water partition coefficient (Wildman–Crippen LogP) is 2.73. The fourth-order valence-electron chi connectivity index (χ4n) is 2.08. The molecule has 0 bridgehead atoms. The number of halogens is 2. The second-order valence-electron chi connectivity index (χ2n) is 5.15. The number of hydrogen-bond acceptors (Lipinski definition) is 6. The third kappa shape index (κ3) is 4.59. The molecule has 0 amide bonds. The summed E-state index contributed by atoms with van der Waals surface area (Å²) in [5.41, 5.74) is -1.13. The Morgan fingerprint density at radius 2 is 1.67 bits per heavy atom. The molecule has 0 aromatic heterocycles. The molecule has 10 heteroatoms. The molecule has 144 valence electrons. The van der Waals surface area contributed by atoms with Crippen LogP contribution in [0, 0.1) is 11.6 Å². The van der Waals surface area contributed by atoms with Crippen LogP contribution in [0.1, 0.15) is 27.6 Å². The molecule has 0 heterocycles. The van der Waals surface area contributed by atoms with Crippen LogP contribution in [0.2, 0.25) is 0 Å². The maximum Gasteiger partial charge on any atom is 0.340 e. The van der Waals surface area contributed by atoms with Gasteiger partial charge in [0.05, 0.1) is 35.4 Å². The fraction of sp³-hybridized carbons (Fsp3) is 0.176. The van der Waals surface area contributed by atoms with E-state index in [4.69, 9.17) is 4.74 Å². The largest absolute Gasteiger partial charge is 0.465 e. The number of rotatable bonds is 6. The van der Waals surface area contributed by atoms with Crippen molar-refractivity contribution < 1.29 is 36.3 Å². The van der Waals surface area contributed by atoms with Crippen LogP contribution < -0.4 is 4.72 Å². The lowest BCUT2D eigenvalue weighted by molar-refractivity contribution is 0.0525. The summed E-state index contributed by atoms with van der Waals surface area (Å²) in [6, 6.07) is 5.77. The van der Waals surface area contributed by atoms with E-state index in [-0.39, 0.29) is 17.1 Å². The van der Waals surface area contributed by atoms with Gasteiger partial charge in [-0.25, -0.2) is 26.8 Å². The number of anilines is 1. The summed E-state index contributed by atoms with van der Waals surface area (Å²) in [6.07, 6.45) is 0. The zero-order valence-electron chi connectivity index (χ0n) is 14.3. The van der Waals surface area contributed by atoms with Gasteiger partial charge < -0.3 is 9.47 Å². The molecule has 0 atom stereocenters. The number of sulfonamides is 1. The Bertz CT molecular complexity index is 974. The average molecular weight is 399 g/mol. The van der Waals surface area contributed by atoms with Crippen molar-refractivity contribution >= 4 is 27.6 Å². The molecule has 27 heavy (non-hydrogen) atoms. The average Bonchev–Trinajstić information content (AvgIpc) is 2.63. The monoisotopic (exact) mass is 399 g/mol. The van der Waals surface area contributed by atoms with Crippen LogP contribution in [-0.4, -0.2) is 34.1 Å². The summed E-state index contributed by atoms with van der Waals surface area (Å²) >= 11 is 0. The van der Waals surface area contributed by atoms with Gasteiger partial charge in [0.25, 0.3) is 10.0 Å². The summed E-state index contributed by atoms with van der Waals surface area (Å²) in [7, 11) is -3.27. The van der Waals surface area contributed by atoms with Crippen LogP contribution in [0.25, 0.3) is 0 Å². The molecule has 0 unspecified atom stereocenters. The van der Waals surface area contributed by atoms with Gasteiger partial charge in [-0.2, -0.15) is 0 Å². The number of ether oxygens (including phenoxy) is 2. The number of esters is 2. The number of methoxy groups -OCH3 is 1. The van der Waals surface area contributed by atoms with Crippen LogP contribution in [0.3, 0.4) is 0 Å². The summed E-state index contributed by atoms with van der Waals surface area (Å²) < 4.78 is 63.4. The molecular formula is C17H15F2NO6S. The van der Waals surface area contributed by atoms with Crippen molar-refractivity contribution in [1.82, 2.24) is 0 Å². The summed E-state index contributed by atoms with van der Waals surface area (Å²) in [5, 5.41) is 0. The van der Waals surface area contributed by atoms with Gasteiger partial charge >= 0.3 is 11.9 Å². The van der Waals surface area contributed by atoms with Gasteiger partial charge in [0.1, 0.15) is 11.6 Å². The van der Waals surface area contributed by atoms with E-state index in [1.54, 1.807) is 6.92 Å². The van der Waals surface area contributed by atoms with E-state index in [1.165, 1.54) is 12.1 Å². The van der Waals surface area contributed by atoms with E-state index in [9.17, 15) is 26.8 Å². The minimum Gasteiger partial charge on any atom is -0.465 e. The van der Waals surface area contributed by atoms with E-state index in [0.717, 1.165) is 19.2 Å². The van der Waals surface area contributed by atoms with Crippen LogP contribution >= 0.6 is 0 Å². The van der Waals surface area contributed by atoms with Crippen molar-refractivity contribution in [2.75, 3.05) is 18.4 Å². The molecule has 0 fully saturated rings. The maximum atomic E-state index is 13.9. The molecule has 2 rings (SSSR count). The Labute approximate surface area is 154 Å². The van der Waals surface area contributed by atoms with Gasteiger partial charge in [0.2, 0.25) is 0 Å². The molecule has 2 aromatic carbocycles. The van der Waals surface area contributed by atoms with E-state index in [2.05, 4.69) is 4.74 Å². The van der Waals surface area contributed by atoms with Crippen molar-refractivity contribution in [3.05, 3.63) is 59.2 Å². The number of nitrogens with one attached hydrogen (secondary N) is 1. The maximum absolute atomic E-state index is 13.9. The second-order valence-corrected chi connectivity index (χ2v) is 6.84. The zero-order chi connectivity index (χ0) is 20.2. The molecule has 2 aromatic rings. The predicted molar refractivity (Wildman–Crippen MR) is 90.9 cm³/mol. The first-order chi connectivity index (χ1) is 12.7. The quantitative estimate of drug-likeness (QED) is 0.750. The third-order valence-electron chi connectivity index (χ3n) is 3.38. The Kier molecular flexibility index (Phi) is 6.11. The highest BCUT2D eigenvalue weighted by atomic mass is 32.2. The lowest BCUT2D eigenvalue weighted by atomic mass is 10.2. The molecule has 0 spiro atoms. The summed E-state index contributed by atoms with van der Waals surface area (Å²) in [5.74, 6) is -4.12. The lowest BCUT2D eigenvalue weighted by Crippen LogP contribution is -2.16. The van der Waals surface area contributed by atoms with Crippen molar-refractivity contribution in [3.8, 4) is 0 Å². The Balaban J connectivity index is 2.33. The van der Waals surface area contributed by atoms with Gasteiger partial charge in [-0.3, -0.25) is 4.72 Å². The summed E-state index contributed by atoms with van der Waals surface area (Å²) in [6.45, 7) is 1.79.